The quantitative estimate of drug-likeness (QED) is 0.445. The van der Waals surface area contributed by atoms with E-state index in [1.807, 2.05) is 0 Å². The molecule has 16 heavy (non-hydrogen) atoms. The Bertz CT molecular complexity index is 445. The van der Waals surface area contributed by atoms with Gasteiger partial charge in [-0.2, -0.15) is 0 Å². The molecule has 1 aromatic rings. The van der Waals surface area contributed by atoms with E-state index in [2.05, 4.69) is 4.74 Å². The van der Waals surface area contributed by atoms with Crippen LogP contribution in [0.2, 0.25) is 0 Å². The maximum Gasteiger partial charge on any atom is 0.318 e. The second kappa shape index (κ2) is 5.36. The second-order valence-corrected chi connectivity index (χ2v) is 4.21. The summed E-state index contributed by atoms with van der Waals surface area (Å²) in [6.45, 7) is 0. The lowest BCUT2D eigenvalue weighted by Crippen LogP contribution is -2.13. The van der Waals surface area contributed by atoms with Crippen LogP contribution in [0.1, 0.15) is 0 Å². The van der Waals surface area contributed by atoms with Gasteiger partial charge in [-0.3, -0.25) is 19.1 Å². The highest BCUT2D eigenvalue weighted by Crippen LogP contribution is 2.21. The minimum atomic E-state index is -1.76. The number of nitro benzene ring substituents is 1. The molecule has 86 valence electrons. The van der Waals surface area contributed by atoms with Crippen LogP contribution in [0.25, 0.3) is 0 Å². The molecule has 0 bridgehead atoms. The number of benzene rings is 1. The number of rotatable bonds is 4. The van der Waals surface area contributed by atoms with Crippen molar-refractivity contribution in [2.24, 2.45) is 0 Å². The Hall–Kier alpha value is -1.76. The van der Waals surface area contributed by atoms with Crippen LogP contribution in [0.15, 0.2) is 29.2 Å². The van der Waals surface area contributed by atoms with Crippen molar-refractivity contribution in [1.29, 1.82) is 0 Å². The number of hydrogen-bond donors (Lipinski definition) is 0. The van der Waals surface area contributed by atoms with Crippen LogP contribution in [0.4, 0.5) is 5.69 Å². The number of methoxy groups -OCH3 is 1. The third kappa shape index (κ3) is 2.86. The zero-order chi connectivity index (χ0) is 12.1. The Morgan fingerprint density at radius 3 is 2.69 bits per heavy atom. The summed E-state index contributed by atoms with van der Waals surface area (Å²) in [6, 6.07) is 5.59. The van der Waals surface area contributed by atoms with Crippen LogP contribution >= 0.6 is 0 Å². The third-order valence-corrected chi connectivity index (χ3v) is 3.12. The van der Waals surface area contributed by atoms with Gasteiger partial charge >= 0.3 is 5.97 Å². The molecule has 0 spiro atoms. The van der Waals surface area contributed by atoms with Crippen LogP contribution in [0.5, 0.6) is 0 Å². The molecule has 1 atom stereocenters. The molecule has 1 aromatic carbocycles. The number of ether oxygens (including phenoxy) is 1. The Balaban J connectivity index is 2.99. The van der Waals surface area contributed by atoms with Gasteiger partial charge in [0.25, 0.3) is 5.69 Å². The maximum absolute atomic E-state index is 11.6. The topological polar surface area (TPSA) is 86.5 Å². The molecule has 1 rings (SSSR count). The summed E-state index contributed by atoms with van der Waals surface area (Å²) in [5.74, 6) is -1.06. The van der Waals surface area contributed by atoms with Crippen molar-refractivity contribution < 1.29 is 18.7 Å². The minimum absolute atomic E-state index is 0.0258. The first-order valence-corrected chi connectivity index (χ1v) is 5.56. The predicted octanol–water partition coefficient (Wildman–Crippen LogP) is 0.875. The van der Waals surface area contributed by atoms with Crippen LogP contribution in [0.3, 0.4) is 0 Å². The Kier molecular flexibility index (Phi) is 4.12. The smallest absolute Gasteiger partial charge is 0.318 e. The van der Waals surface area contributed by atoms with Crippen molar-refractivity contribution in [1.82, 2.24) is 0 Å². The molecule has 1 unspecified atom stereocenters. The zero-order valence-electron chi connectivity index (χ0n) is 8.41. The van der Waals surface area contributed by atoms with Crippen LogP contribution in [-0.2, 0) is 20.3 Å². The van der Waals surface area contributed by atoms with Crippen molar-refractivity contribution in [3.63, 3.8) is 0 Å². The summed E-state index contributed by atoms with van der Waals surface area (Å²) < 4.78 is 16.0. The van der Waals surface area contributed by atoms with Crippen molar-refractivity contribution in [2.45, 2.75) is 4.90 Å². The van der Waals surface area contributed by atoms with Gasteiger partial charge in [0.15, 0.2) is 0 Å². The first kappa shape index (κ1) is 12.3. The molecule has 0 aliphatic heterocycles. The number of hydrogen-bond acceptors (Lipinski definition) is 5. The average Bonchev–Trinajstić information content (AvgIpc) is 2.28. The van der Waals surface area contributed by atoms with E-state index in [0.717, 1.165) is 0 Å². The summed E-state index contributed by atoms with van der Waals surface area (Å²) >= 11 is 0. The summed E-state index contributed by atoms with van der Waals surface area (Å²) in [4.78, 5) is 20.9. The van der Waals surface area contributed by atoms with Gasteiger partial charge in [-0.05, 0) is 6.07 Å². The Morgan fingerprint density at radius 1 is 1.50 bits per heavy atom. The first-order valence-electron chi connectivity index (χ1n) is 4.25. The summed E-state index contributed by atoms with van der Waals surface area (Å²) in [6.07, 6.45) is 0. The lowest BCUT2D eigenvalue weighted by atomic mass is 10.3. The molecule has 0 aliphatic carbocycles. The molecule has 0 radical (unpaired) electrons. The molecule has 0 aliphatic rings. The van der Waals surface area contributed by atoms with Gasteiger partial charge < -0.3 is 4.74 Å². The normalized spacial score (nSPS) is 11.8. The number of carbonyl (C=O) groups excluding carboxylic acids is 1. The standard InChI is InChI=1S/C9H9NO5S/c1-15-9(11)6-16(14)8-5-3-2-4-7(8)10(12)13/h2-5H,6H2,1H3. The van der Waals surface area contributed by atoms with Crippen molar-refractivity contribution >= 4 is 22.5 Å². The SMILES string of the molecule is COC(=O)CS(=O)c1ccccc1[N+](=O)[O-]. The molecule has 0 saturated heterocycles. The first-order chi connectivity index (χ1) is 7.56. The molecule has 0 heterocycles. The van der Waals surface area contributed by atoms with Crippen LogP contribution in [0, 0.1) is 10.1 Å². The van der Waals surface area contributed by atoms with Gasteiger partial charge in [-0.15, -0.1) is 0 Å². The number of para-hydroxylation sites is 1. The summed E-state index contributed by atoms with van der Waals surface area (Å²) in [5, 5.41) is 10.6. The van der Waals surface area contributed by atoms with Gasteiger partial charge in [-0.1, -0.05) is 12.1 Å². The third-order valence-electron chi connectivity index (χ3n) is 1.78. The van der Waals surface area contributed by atoms with E-state index in [0.29, 0.717) is 0 Å². The predicted molar refractivity (Wildman–Crippen MR) is 56.4 cm³/mol. The Morgan fingerprint density at radius 2 is 2.12 bits per heavy atom. The van der Waals surface area contributed by atoms with Crippen molar-refractivity contribution in [3.05, 3.63) is 34.4 Å². The monoisotopic (exact) mass is 243 g/mol. The summed E-state index contributed by atoms with van der Waals surface area (Å²) in [7, 11) is -0.596. The lowest BCUT2D eigenvalue weighted by Gasteiger charge is -2.01. The highest BCUT2D eigenvalue weighted by Gasteiger charge is 2.20. The fourth-order valence-corrected chi connectivity index (χ4v) is 2.14. The number of nitrogens with zero attached hydrogens (tertiary/aromatic N) is 1. The molecule has 0 saturated carbocycles. The molecule has 0 amide bonds. The largest absolute Gasteiger partial charge is 0.468 e. The summed E-state index contributed by atoms with van der Waals surface area (Å²) in [5.41, 5.74) is -0.260. The molecule has 0 fully saturated rings. The van der Waals surface area contributed by atoms with Crippen LogP contribution in [-0.4, -0.2) is 28.0 Å². The fraction of sp³-hybridized carbons (Fsp3) is 0.222. The van der Waals surface area contributed by atoms with Crippen molar-refractivity contribution in [3.8, 4) is 0 Å². The number of nitro groups is 1. The number of carbonyl (C=O) groups is 1. The van der Waals surface area contributed by atoms with Crippen LogP contribution < -0.4 is 0 Å². The minimum Gasteiger partial charge on any atom is -0.468 e. The average molecular weight is 243 g/mol. The van der Waals surface area contributed by atoms with Gasteiger partial charge in [0.1, 0.15) is 10.6 Å². The fourth-order valence-electron chi connectivity index (χ4n) is 1.04. The van der Waals surface area contributed by atoms with E-state index in [1.54, 1.807) is 0 Å². The zero-order valence-corrected chi connectivity index (χ0v) is 9.23. The van der Waals surface area contributed by atoms with E-state index in [9.17, 15) is 19.1 Å². The van der Waals surface area contributed by atoms with E-state index < -0.39 is 21.7 Å². The Labute approximate surface area is 93.8 Å². The molecule has 0 N–H and O–H groups in total. The number of esters is 1. The van der Waals surface area contributed by atoms with Gasteiger partial charge in [0.2, 0.25) is 0 Å². The highest BCUT2D eigenvalue weighted by atomic mass is 32.2. The second-order valence-electron chi connectivity index (χ2n) is 2.79. The van der Waals surface area contributed by atoms with Gasteiger partial charge in [-0.25, -0.2) is 0 Å². The highest BCUT2D eigenvalue weighted by molar-refractivity contribution is 7.85. The van der Waals surface area contributed by atoms with Gasteiger partial charge in [0, 0.05) is 6.07 Å². The van der Waals surface area contributed by atoms with E-state index >= 15 is 0 Å². The van der Waals surface area contributed by atoms with E-state index in [4.69, 9.17) is 0 Å². The molecule has 6 nitrogen and oxygen atoms in total. The molecule has 7 heteroatoms. The van der Waals surface area contributed by atoms with Gasteiger partial charge in [0.05, 0.1) is 22.8 Å². The molecule has 0 aromatic heterocycles. The van der Waals surface area contributed by atoms with E-state index in [1.165, 1.54) is 31.4 Å². The maximum atomic E-state index is 11.6. The lowest BCUT2D eigenvalue weighted by molar-refractivity contribution is -0.387. The van der Waals surface area contributed by atoms with Crippen molar-refractivity contribution in [2.75, 3.05) is 12.9 Å². The van der Waals surface area contributed by atoms with E-state index in [-0.39, 0.29) is 16.3 Å². The molecular weight excluding hydrogens is 234 g/mol. The molecular formula is C9H9NO5S.